The molecule has 1 atom stereocenters. The van der Waals surface area contributed by atoms with Gasteiger partial charge in [0.15, 0.2) is 0 Å². The van der Waals surface area contributed by atoms with Gasteiger partial charge in [-0.15, -0.1) is 0 Å². The number of rotatable bonds is 3. The molecular formula is C20H24O. The largest absolute Gasteiger partial charge is 0.507 e. The van der Waals surface area contributed by atoms with Crippen LogP contribution in [0.1, 0.15) is 48.9 Å². The first-order chi connectivity index (χ1) is 10.0. The number of hydrogen-bond acceptors (Lipinski definition) is 1. The molecule has 3 rings (SSSR count). The van der Waals surface area contributed by atoms with Gasteiger partial charge in [0, 0.05) is 11.5 Å². The highest BCUT2D eigenvalue weighted by molar-refractivity contribution is 5.85. The van der Waals surface area contributed by atoms with Crippen molar-refractivity contribution in [2.75, 3.05) is 0 Å². The molecule has 0 aliphatic heterocycles. The zero-order chi connectivity index (χ0) is 15.1. The summed E-state index contributed by atoms with van der Waals surface area (Å²) >= 11 is 0. The Morgan fingerprint density at radius 1 is 1.19 bits per heavy atom. The molecule has 0 bridgehead atoms. The Labute approximate surface area is 127 Å². The van der Waals surface area contributed by atoms with Crippen LogP contribution in [0.25, 0.3) is 5.57 Å². The summed E-state index contributed by atoms with van der Waals surface area (Å²) in [6.07, 6.45) is 6.14. The zero-order valence-electron chi connectivity index (χ0n) is 13.3. The number of fused-ring (bicyclic) bond motifs is 1. The van der Waals surface area contributed by atoms with Gasteiger partial charge >= 0.3 is 0 Å². The van der Waals surface area contributed by atoms with Gasteiger partial charge in [-0.05, 0) is 54.9 Å². The summed E-state index contributed by atoms with van der Waals surface area (Å²) in [7, 11) is 0. The van der Waals surface area contributed by atoms with Crippen LogP contribution in [-0.2, 0) is 12.8 Å². The standard InChI is InChI=1S/C20H24O/c1-5-14-7-12(3)8-15(6-2)19(14)18-11-16-9-13(4)10-17(16)20(18)21/h7-8,11,16,21H,4-6,9-10H2,1-3H3. The van der Waals surface area contributed by atoms with Gasteiger partial charge in [0.2, 0.25) is 0 Å². The van der Waals surface area contributed by atoms with Crippen molar-refractivity contribution in [3.8, 4) is 0 Å². The number of benzene rings is 1. The van der Waals surface area contributed by atoms with Gasteiger partial charge in [0.25, 0.3) is 0 Å². The van der Waals surface area contributed by atoms with Crippen molar-refractivity contribution in [1.82, 2.24) is 0 Å². The molecule has 1 unspecified atom stereocenters. The summed E-state index contributed by atoms with van der Waals surface area (Å²) in [5.74, 6) is 0.898. The fraction of sp³-hybridized carbons (Fsp3) is 0.400. The second-order valence-corrected chi connectivity index (χ2v) is 6.36. The van der Waals surface area contributed by atoms with Gasteiger partial charge in [0.1, 0.15) is 5.76 Å². The first-order valence-corrected chi connectivity index (χ1v) is 7.98. The van der Waals surface area contributed by atoms with Crippen molar-refractivity contribution in [3.05, 3.63) is 63.9 Å². The van der Waals surface area contributed by atoms with Crippen LogP contribution in [-0.4, -0.2) is 5.11 Å². The highest BCUT2D eigenvalue weighted by atomic mass is 16.3. The van der Waals surface area contributed by atoms with E-state index in [4.69, 9.17) is 0 Å². The molecule has 1 heteroatoms. The molecule has 1 aromatic carbocycles. The summed E-state index contributed by atoms with van der Waals surface area (Å²) in [6, 6.07) is 4.53. The Morgan fingerprint density at radius 3 is 2.33 bits per heavy atom. The number of allylic oxidation sites excluding steroid dienone is 4. The highest BCUT2D eigenvalue weighted by Gasteiger charge is 2.33. The van der Waals surface area contributed by atoms with Crippen molar-refractivity contribution in [2.45, 2.75) is 46.5 Å². The number of aryl methyl sites for hydroxylation is 3. The van der Waals surface area contributed by atoms with E-state index in [1.54, 1.807) is 0 Å². The summed E-state index contributed by atoms with van der Waals surface area (Å²) in [5, 5.41) is 10.7. The van der Waals surface area contributed by atoms with Gasteiger partial charge in [-0.25, -0.2) is 0 Å². The normalized spacial score (nSPS) is 21.0. The van der Waals surface area contributed by atoms with Gasteiger partial charge in [0.05, 0.1) is 0 Å². The molecule has 0 heterocycles. The van der Waals surface area contributed by atoms with E-state index < -0.39 is 0 Å². The lowest BCUT2D eigenvalue weighted by molar-refractivity contribution is 0.430. The Kier molecular flexibility index (Phi) is 3.52. The zero-order valence-corrected chi connectivity index (χ0v) is 13.3. The minimum atomic E-state index is 0.378. The SMILES string of the molecule is C=C1CC2=C(O)C(c3c(CC)cc(C)cc3CC)=CC2C1. The first-order valence-electron chi connectivity index (χ1n) is 7.98. The number of aliphatic hydroxyl groups excluding tert-OH is 1. The Hall–Kier alpha value is -1.76. The molecule has 1 N–H and O–H groups in total. The van der Waals surface area contributed by atoms with Crippen LogP contribution < -0.4 is 0 Å². The second kappa shape index (κ2) is 5.22. The highest BCUT2D eigenvalue weighted by Crippen LogP contribution is 2.47. The molecule has 1 fully saturated rings. The van der Waals surface area contributed by atoms with Crippen molar-refractivity contribution in [3.63, 3.8) is 0 Å². The van der Waals surface area contributed by atoms with E-state index in [-0.39, 0.29) is 0 Å². The maximum atomic E-state index is 10.7. The van der Waals surface area contributed by atoms with Crippen molar-refractivity contribution in [2.24, 2.45) is 5.92 Å². The third kappa shape index (κ3) is 2.25. The summed E-state index contributed by atoms with van der Waals surface area (Å²) in [4.78, 5) is 0. The molecule has 1 nitrogen and oxygen atoms in total. The Balaban J connectivity index is 2.14. The predicted molar refractivity (Wildman–Crippen MR) is 89.4 cm³/mol. The molecule has 2 aliphatic carbocycles. The van der Waals surface area contributed by atoms with Crippen LogP contribution >= 0.6 is 0 Å². The monoisotopic (exact) mass is 280 g/mol. The van der Waals surface area contributed by atoms with Crippen molar-refractivity contribution < 1.29 is 5.11 Å². The van der Waals surface area contributed by atoms with Gasteiger partial charge < -0.3 is 5.11 Å². The summed E-state index contributed by atoms with van der Waals surface area (Å²) < 4.78 is 0. The fourth-order valence-corrected chi connectivity index (χ4v) is 3.83. The predicted octanol–water partition coefficient (Wildman–Crippen LogP) is 5.30. The maximum absolute atomic E-state index is 10.7. The van der Waals surface area contributed by atoms with Gasteiger partial charge in [-0.2, -0.15) is 0 Å². The average Bonchev–Trinajstić information content (AvgIpc) is 2.96. The number of hydrogen-bond donors (Lipinski definition) is 1. The average molecular weight is 280 g/mol. The number of aliphatic hydroxyl groups is 1. The molecule has 0 saturated heterocycles. The van der Waals surface area contributed by atoms with E-state index in [1.165, 1.54) is 33.4 Å². The minimum absolute atomic E-state index is 0.378. The van der Waals surface area contributed by atoms with E-state index in [1.807, 2.05) is 0 Å². The molecule has 110 valence electrons. The lowest BCUT2D eigenvalue weighted by atomic mass is 9.89. The van der Waals surface area contributed by atoms with E-state index >= 15 is 0 Å². The fourth-order valence-electron chi connectivity index (χ4n) is 3.83. The smallest absolute Gasteiger partial charge is 0.123 e. The molecule has 21 heavy (non-hydrogen) atoms. The Bertz CT molecular complexity index is 648. The van der Waals surface area contributed by atoms with E-state index in [0.717, 1.165) is 31.3 Å². The third-order valence-corrected chi connectivity index (χ3v) is 4.80. The van der Waals surface area contributed by atoms with E-state index in [9.17, 15) is 5.11 Å². The summed E-state index contributed by atoms with van der Waals surface area (Å²) in [6.45, 7) is 10.6. The first kappa shape index (κ1) is 14.2. The van der Waals surface area contributed by atoms with Crippen LogP contribution in [0.4, 0.5) is 0 Å². The summed E-state index contributed by atoms with van der Waals surface area (Å²) in [5.41, 5.74) is 8.78. The van der Waals surface area contributed by atoms with Crippen LogP contribution in [0.5, 0.6) is 0 Å². The van der Waals surface area contributed by atoms with Gasteiger partial charge in [-0.1, -0.05) is 49.8 Å². The molecule has 0 aromatic heterocycles. The molecule has 2 aliphatic rings. The van der Waals surface area contributed by atoms with Crippen LogP contribution in [0.15, 0.2) is 41.7 Å². The van der Waals surface area contributed by atoms with Crippen LogP contribution in [0.2, 0.25) is 0 Å². The molecule has 0 spiro atoms. The quantitative estimate of drug-likeness (QED) is 0.745. The topological polar surface area (TPSA) is 20.2 Å². The molecule has 1 saturated carbocycles. The molecule has 0 radical (unpaired) electrons. The van der Waals surface area contributed by atoms with Crippen molar-refractivity contribution >= 4 is 5.57 Å². The van der Waals surface area contributed by atoms with E-state index in [2.05, 4.69) is 45.6 Å². The molecule has 1 aromatic rings. The lowest BCUT2D eigenvalue weighted by Gasteiger charge is -2.16. The third-order valence-electron chi connectivity index (χ3n) is 4.80. The second-order valence-electron chi connectivity index (χ2n) is 6.36. The lowest BCUT2D eigenvalue weighted by Crippen LogP contribution is -2.01. The molecular weight excluding hydrogens is 256 g/mol. The van der Waals surface area contributed by atoms with Gasteiger partial charge in [-0.3, -0.25) is 0 Å². The van der Waals surface area contributed by atoms with Crippen molar-refractivity contribution in [1.29, 1.82) is 0 Å². The van der Waals surface area contributed by atoms with Crippen LogP contribution in [0, 0.1) is 12.8 Å². The molecule has 0 amide bonds. The Morgan fingerprint density at radius 2 is 1.81 bits per heavy atom. The van der Waals surface area contributed by atoms with Crippen LogP contribution in [0.3, 0.4) is 0 Å². The van der Waals surface area contributed by atoms with E-state index in [0.29, 0.717) is 11.7 Å². The maximum Gasteiger partial charge on any atom is 0.123 e. The minimum Gasteiger partial charge on any atom is -0.507 e.